The van der Waals surface area contributed by atoms with Gasteiger partial charge in [-0.25, -0.2) is 4.79 Å². The summed E-state index contributed by atoms with van der Waals surface area (Å²) in [5.74, 6) is -0.821. The van der Waals surface area contributed by atoms with E-state index in [1.807, 2.05) is 0 Å². The third-order valence-electron chi connectivity index (χ3n) is 2.93. The molecule has 0 aliphatic heterocycles. The number of rotatable bonds is 9. The van der Waals surface area contributed by atoms with E-state index in [0.717, 1.165) is 0 Å². The van der Waals surface area contributed by atoms with Crippen molar-refractivity contribution in [2.24, 2.45) is 0 Å². The van der Waals surface area contributed by atoms with Gasteiger partial charge in [0.15, 0.2) is 0 Å². The molecular formula is C18H27N3O6. The molecule has 0 aliphatic rings. The number of methoxy groups -OCH3 is 1. The van der Waals surface area contributed by atoms with E-state index in [1.165, 1.54) is 0 Å². The quantitative estimate of drug-likeness (QED) is 0.562. The van der Waals surface area contributed by atoms with Gasteiger partial charge in [0.2, 0.25) is 11.8 Å². The maximum atomic E-state index is 12.0. The average Bonchev–Trinajstić information content (AvgIpc) is 2.57. The monoisotopic (exact) mass is 381 g/mol. The molecule has 9 nitrogen and oxygen atoms in total. The Morgan fingerprint density at radius 3 is 2.11 bits per heavy atom. The number of hydrogen-bond donors (Lipinski definition) is 3. The maximum Gasteiger partial charge on any atom is 0.408 e. The first-order valence-electron chi connectivity index (χ1n) is 8.43. The van der Waals surface area contributed by atoms with Crippen LogP contribution >= 0.6 is 0 Å². The Bertz CT molecular complexity index is 642. The zero-order chi connectivity index (χ0) is 20.3. The van der Waals surface area contributed by atoms with Crippen molar-refractivity contribution in [3.63, 3.8) is 0 Å². The van der Waals surface area contributed by atoms with Crippen LogP contribution in [0.4, 0.5) is 16.2 Å². The van der Waals surface area contributed by atoms with Gasteiger partial charge in [0.05, 0.1) is 24.6 Å². The Hall–Kier alpha value is -2.65. The molecule has 1 aromatic carbocycles. The molecule has 1 aromatic rings. The summed E-state index contributed by atoms with van der Waals surface area (Å²) < 4.78 is 15.0. The summed E-state index contributed by atoms with van der Waals surface area (Å²) in [7, 11) is 1.54. The van der Waals surface area contributed by atoms with Crippen LogP contribution in [0.2, 0.25) is 0 Å². The molecule has 0 atom stereocenters. The minimum Gasteiger partial charge on any atom is -0.444 e. The Kier molecular flexibility index (Phi) is 9.24. The molecule has 1 rings (SSSR count). The summed E-state index contributed by atoms with van der Waals surface area (Å²) >= 11 is 0. The lowest BCUT2D eigenvalue weighted by atomic mass is 10.2. The molecule has 0 radical (unpaired) electrons. The average molecular weight is 381 g/mol. The molecule has 0 aromatic heterocycles. The fourth-order valence-corrected chi connectivity index (χ4v) is 1.86. The van der Waals surface area contributed by atoms with Gasteiger partial charge in [-0.3, -0.25) is 9.59 Å². The van der Waals surface area contributed by atoms with Gasteiger partial charge in [-0.1, -0.05) is 12.1 Å². The summed E-state index contributed by atoms with van der Waals surface area (Å²) in [4.78, 5) is 35.5. The SMILES string of the molecule is COCCOCC(=O)Nc1ccccc1NC(=O)CNC(=O)OC(C)(C)C. The number of amides is 3. The molecule has 0 unspecified atom stereocenters. The van der Waals surface area contributed by atoms with Gasteiger partial charge in [0.25, 0.3) is 0 Å². The number of hydrogen-bond acceptors (Lipinski definition) is 6. The third-order valence-corrected chi connectivity index (χ3v) is 2.93. The van der Waals surface area contributed by atoms with Crippen LogP contribution in [-0.4, -0.2) is 57.0 Å². The van der Waals surface area contributed by atoms with E-state index >= 15 is 0 Å². The number of ether oxygens (including phenoxy) is 3. The van der Waals surface area contributed by atoms with Crippen LogP contribution in [0.15, 0.2) is 24.3 Å². The smallest absolute Gasteiger partial charge is 0.408 e. The van der Waals surface area contributed by atoms with Crippen molar-refractivity contribution in [2.75, 3.05) is 44.1 Å². The van der Waals surface area contributed by atoms with E-state index in [1.54, 1.807) is 52.1 Å². The van der Waals surface area contributed by atoms with Crippen LogP contribution in [0.25, 0.3) is 0 Å². The highest BCUT2D eigenvalue weighted by atomic mass is 16.6. The molecule has 0 saturated heterocycles. The lowest BCUT2D eigenvalue weighted by Crippen LogP contribution is -2.37. The molecule has 150 valence electrons. The lowest BCUT2D eigenvalue weighted by Gasteiger charge is -2.19. The highest BCUT2D eigenvalue weighted by Gasteiger charge is 2.17. The topological polar surface area (TPSA) is 115 Å². The van der Waals surface area contributed by atoms with Crippen molar-refractivity contribution in [1.82, 2.24) is 5.32 Å². The summed E-state index contributed by atoms with van der Waals surface area (Å²) in [5, 5.41) is 7.65. The Labute approximate surface area is 158 Å². The predicted octanol–water partition coefficient (Wildman–Crippen LogP) is 1.75. The van der Waals surface area contributed by atoms with Crippen LogP contribution in [0.5, 0.6) is 0 Å². The molecule has 0 spiro atoms. The zero-order valence-electron chi connectivity index (χ0n) is 16.1. The maximum absolute atomic E-state index is 12.0. The molecule has 0 aliphatic carbocycles. The first-order valence-corrected chi connectivity index (χ1v) is 8.43. The van der Waals surface area contributed by atoms with E-state index in [9.17, 15) is 14.4 Å². The minimum atomic E-state index is -0.688. The normalized spacial score (nSPS) is 10.8. The van der Waals surface area contributed by atoms with E-state index in [2.05, 4.69) is 16.0 Å². The van der Waals surface area contributed by atoms with Crippen LogP contribution in [0.1, 0.15) is 20.8 Å². The van der Waals surface area contributed by atoms with Crippen LogP contribution in [0.3, 0.4) is 0 Å². The number of para-hydroxylation sites is 2. The van der Waals surface area contributed by atoms with E-state index < -0.39 is 17.6 Å². The number of nitrogens with one attached hydrogen (secondary N) is 3. The molecule has 0 saturated carbocycles. The largest absolute Gasteiger partial charge is 0.444 e. The van der Waals surface area contributed by atoms with Crippen molar-refractivity contribution in [1.29, 1.82) is 0 Å². The number of benzene rings is 1. The minimum absolute atomic E-state index is 0.133. The molecular weight excluding hydrogens is 354 g/mol. The fraction of sp³-hybridized carbons (Fsp3) is 0.500. The van der Waals surface area contributed by atoms with E-state index in [4.69, 9.17) is 14.2 Å². The molecule has 0 heterocycles. The molecule has 0 bridgehead atoms. The fourth-order valence-electron chi connectivity index (χ4n) is 1.86. The molecule has 3 N–H and O–H groups in total. The van der Waals surface area contributed by atoms with Crippen LogP contribution < -0.4 is 16.0 Å². The van der Waals surface area contributed by atoms with E-state index in [0.29, 0.717) is 24.6 Å². The second-order valence-electron chi connectivity index (χ2n) is 6.54. The van der Waals surface area contributed by atoms with Crippen molar-refractivity contribution in [2.45, 2.75) is 26.4 Å². The summed E-state index contributed by atoms with van der Waals surface area (Å²) in [6.07, 6.45) is -0.688. The summed E-state index contributed by atoms with van der Waals surface area (Å²) in [5.41, 5.74) is 0.171. The highest BCUT2D eigenvalue weighted by molar-refractivity contribution is 6.00. The van der Waals surface area contributed by atoms with Gasteiger partial charge >= 0.3 is 6.09 Å². The van der Waals surface area contributed by atoms with Gasteiger partial charge in [-0.05, 0) is 32.9 Å². The van der Waals surface area contributed by atoms with Crippen LogP contribution in [0, 0.1) is 0 Å². The van der Waals surface area contributed by atoms with E-state index in [-0.39, 0.29) is 19.1 Å². The lowest BCUT2D eigenvalue weighted by molar-refractivity contribution is -0.121. The molecule has 27 heavy (non-hydrogen) atoms. The second kappa shape index (κ2) is 11.1. The molecule has 3 amide bonds. The Morgan fingerprint density at radius 1 is 0.963 bits per heavy atom. The van der Waals surface area contributed by atoms with Crippen molar-refractivity contribution in [3.8, 4) is 0 Å². The summed E-state index contributed by atoms with van der Waals surface area (Å²) in [6, 6.07) is 6.70. The van der Waals surface area contributed by atoms with Gasteiger partial charge < -0.3 is 30.2 Å². The Morgan fingerprint density at radius 2 is 1.56 bits per heavy atom. The van der Waals surface area contributed by atoms with Gasteiger partial charge in [-0.2, -0.15) is 0 Å². The third kappa shape index (κ3) is 10.2. The number of carbonyl (C=O) groups excluding carboxylic acids is 3. The predicted molar refractivity (Wildman–Crippen MR) is 101 cm³/mol. The zero-order valence-corrected chi connectivity index (χ0v) is 16.1. The summed E-state index contributed by atoms with van der Waals surface area (Å²) in [6.45, 7) is 5.48. The molecule has 9 heteroatoms. The molecule has 0 fully saturated rings. The number of carbonyl (C=O) groups is 3. The first-order chi connectivity index (χ1) is 12.7. The van der Waals surface area contributed by atoms with Crippen LogP contribution in [-0.2, 0) is 23.8 Å². The Balaban J connectivity index is 2.52. The first kappa shape index (κ1) is 22.4. The van der Waals surface area contributed by atoms with Crippen molar-refractivity contribution in [3.05, 3.63) is 24.3 Å². The van der Waals surface area contributed by atoms with Crippen molar-refractivity contribution >= 4 is 29.3 Å². The number of anilines is 2. The van der Waals surface area contributed by atoms with Gasteiger partial charge in [0.1, 0.15) is 18.8 Å². The van der Waals surface area contributed by atoms with Crippen molar-refractivity contribution < 1.29 is 28.6 Å². The highest BCUT2D eigenvalue weighted by Crippen LogP contribution is 2.20. The second-order valence-corrected chi connectivity index (χ2v) is 6.54. The standard InChI is InChI=1S/C18H27N3O6/c1-18(2,3)27-17(24)19-11-15(22)20-13-7-5-6-8-14(13)21-16(23)12-26-10-9-25-4/h5-8H,9-12H2,1-4H3,(H,19,24)(H,20,22)(H,21,23). The number of alkyl carbamates (subject to hydrolysis) is 1. The van der Waals surface area contributed by atoms with Gasteiger partial charge in [-0.15, -0.1) is 0 Å². The van der Waals surface area contributed by atoms with Gasteiger partial charge in [0, 0.05) is 7.11 Å².